The number of anilines is 2. The van der Waals surface area contributed by atoms with Crippen LogP contribution in [-0.2, 0) is 4.74 Å². The van der Waals surface area contributed by atoms with Crippen molar-refractivity contribution in [2.75, 3.05) is 50.8 Å². The molecule has 1 saturated heterocycles. The molecule has 0 aliphatic carbocycles. The molecule has 0 spiro atoms. The molecule has 1 aliphatic heterocycles. The van der Waals surface area contributed by atoms with E-state index >= 15 is 0 Å². The molecule has 0 atom stereocenters. The summed E-state index contributed by atoms with van der Waals surface area (Å²) in [6.07, 6.45) is 0. The Balaban J connectivity index is 2.35. The summed E-state index contributed by atoms with van der Waals surface area (Å²) in [6.45, 7) is 2.82. The van der Waals surface area contributed by atoms with Crippen molar-refractivity contribution in [3.63, 3.8) is 0 Å². The average Bonchev–Trinajstić information content (AvgIpc) is 2.62. The molecule has 1 aromatic rings. The molecule has 0 radical (unpaired) electrons. The number of nitrogens with one attached hydrogen (secondary N) is 2. The number of nitriles is 1. The topological polar surface area (TPSA) is 129 Å². The Morgan fingerprint density at radius 3 is 2.54 bits per heavy atom. The summed E-state index contributed by atoms with van der Waals surface area (Å²) in [6, 6.07) is 5.30. The number of ether oxygens (including phenoxy) is 3. The van der Waals surface area contributed by atoms with Crippen LogP contribution >= 0.6 is 0 Å². The first-order valence-electron chi connectivity index (χ1n) is 7.27. The second kappa shape index (κ2) is 8.03. The van der Waals surface area contributed by atoms with Crippen LogP contribution < -0.4 is 25.5 Å². The number of rotatable bonds is 6. The Labute approximate surface area is 140 Å². The first-order chi connectivity index (χ1) is 11.6. The van der Waals surface area contributed by atoms with Crippen molar-refractivity contribution in [2.24, 2.45) is 10.8 Å². The summed E-state index contributed by atoms with van der Waals surface area (Å²) < 4.78 is 16.2. The van der Waals surface area contributed by atoms with Crippen molar-refractivity contribution >= 4 is 22.9 Å². The zero-order valence-corrected chi connectivity index (χ0v) is 13.6. The van der Waals surface area contributed by atoms with E-state index in [1.165, 1.54) is 7.11 Å². The van der Waals surface area contributed by atoms with Gasteiger partial charge in [-0.1, -0.05) is 0 Å². The number of hydrogen-bond donors (Lipinski definition) is 3. The van der Waals surface area contributed by atoms with E-state index in [9.17, 15) is 0 Å². The summed E-state index contributed by atoms with van der Waals surface area (Å²) in [5.41, 5.74) is 9.15. The van der Waals surface area contributed by atoms with Gasteiger partial charge in [0.05, 0.1) is 33.1 Å². The van der Waals surface area contributed by atoms with Gasteiger partial charge in [0.25, 0.3) is 0 Å². The van der Waals surface area contributed by atoms with E-state index in [2.05, 4.69) is 15.4 Å². The second-order valence-corrected chi connectivity index (χ2v) is 4.92. The second-order valence-electron chi connectivity index (χ2n) is 4.92. The van der Waals surface area contributed by atoms with Gasteiger partial charge in [-0.15, -0.1) is 0 Å². The van der Waals surface area contributed by atoms with Gasteiger partial charge in [-0.05, 0) is 0 Å². The van der Waals surface area contributed by atoms with Crippen molar-refractivity contribution in [2.45, 2.75) is 0 Å². The lowest BCUT2D eigenvalue weighted by molar-refractivity contribution is 0.122. The molecule has 1 heterocycles. The number of nitrogens with two attached hydrogens (primary N) is 1. The van der Waals surface area contributed by atoms with Gasteiger partial charge in [-0.25, -0.2) is 0 Å². The van der Waals surface area contributed by atoms with E-state index < -0.39 is 5.84 Å². The number of hydrogen-bond acceptors (Lipinski definition) is 8. The number of benzene rings is 1. The Morgan fingerprint density at radius 2 is 2.00 bits per heavy atom. The highest BCUT2D eigenvalue weighted by atomic mass is 16.5. The number of morpholine rings is 1. The van der Waals surface area contributed by atoms with E-state index in [0.717, 1.165) is 18.8 Å². The van der Waals surface area contributed by atoms with E-state index in [4.69, 9.17) is 30.6 Å². The predicted octanol–water partition coefficient (Wildman–Crippen LogP) is 0.768. The molecule has 1 fully saturated rings. The third-order valence-corrected chi connectivity index (χ3v) is 3.50. The molecule has 1 aromatic carbocycles. The van der Waals surface area contributed by atoms with Crippen LogP contribution in [0.4, 0.5) is 11.4 Å². The third-order valence-electron chi connectivity index (χ3n) is 3.50. The monoisotopic (exact) mass is 332 g/mol. The van der Waals surface area contributed by atoms with Gasteiger partial charge in [0.15, 0.2) is 5.84 Å². The van der Waals surface area contributed by atoms with Gasteiger partial charge in [-0.2, -0.15) is 10.4 Å². The molecule has 2 rings (SSSR count). The molecular weight excluding hydrogens is 312 g/mol. The molecule has 0 saturated carbocycles. The number of nitrogens with zero attached hydrogens (tertiary/aromatic N) is 3. The molecule has 9 heteroatoms. The van der Waals surface area contributed by atoms with Gasteiger partial charge >= 0.3 is 0 Å². The van der Waals surface area contributed by atoms with Gasteiger partial charge in [0, 0.05) is 25.2 Å². The van der Waals surface area contributed by atoms with Crippen LogP contribution in [-0.4, -0.2) is 52.1 Å². The molecule has 0 unspecified atom stereocenters. The maximum Gasteiger partial charge on any atom is 0.201 e. The van der Waals surface area contributed by atoms with Crippen LogP contribution in [0.3, 0.4) is 0 Å². The minimum absolute atomic E-state index is 0.215. The SMILES string of the molecule is COc1cc(N2CCOCC2)c(OC)cc1N/N=C(\C#N)C(=N)N. The van der Waals surface area contributed by atoms with Crippen molar-refractivity contribution < 1.29 is 14.2 Å². The Hall–Kier alpha value is -2.99. The summed E-state index contributed by atoms with van der Waals surface area (Å²) in [4.78, 5) is 2.15. The molecule has 128 valence electrons. The summed E-state index contributed by atoms with van der Waals surface area (Å²) >= 11 is 0. The fourth-order valence-corrected chi connectivity index (χ4v) is 2.28. The minimum atomic E-state index is -0.416. The van der Waals surface area contributed by atoms with E-state index in [1.807, 2.05) is 6.07 Å². The van der Waals surface area contributed by atoms with Gasteiger partial charge in [0.2, 0.25) is 5.71 Å². The van der Waals surface area contributed by atoms with Crippen molar-refractivity contribution in [3.05, 3.63) is 12.1 Å². The van der Waals surface area contributed by atoms with Crippen molar-refractivity contribution in [1.29, 1.82) is 10.7 Å². The first-order valence-corrected chi connectivity index (χ1v) is 7.27. The normalized spacial score (nSPS) is 14.7. The number of amidine groups is 1. The average molecular weight is 332 g/mol. The van der Waals surface area contributed by atoms with Crippen LogP contribution in [0.1, 0.15) is 0 Å². The molecule has 0 bridgehead atoms. The Morgan fingerprint density at radius 1 is 1.33 bits per heavy atom. The van der Waals surface area contributed by atoms with Gasteiger partial charge in [-0.3, -0.25) is 10.8 Å². The molecule has 9 nitrogen and oxygen atoms in total. The quantitative estimate of drug-likeness (QED) is 0.398. The number of hydrazone groups is 1. The lowest BCUT2D eigenvalue weighted by atomic mass is 10.2. The standard InChI is InChI=1S/C15H20N6O3/c1-22-13-8-12(21-3-5-24-6-4-21)14(23-2)7-10(13)19-20-11(9-16)15(17)18/h7-8,19H,3-6H2,1-2H3,(H3,17,18)/b20-11+. The third kappa shape index (κ3) is 3.85. The maximum absolute atomic E-state index is 8.90. The van der Waals surface area contributed by atoms with Crippen molar-refractivity contribution in [3.8, 4) is 17.6 Å². The van der Waals surface area contributed by atoms with Gasteiger partial charge in [0.1, 0.15) is 23.3 Å². The first kappa shape index (κ1) is 17.4. The molecule has 24 heavy (non-hydrogen) atoms. The molecule has 1 aliphatic rings. The smallest absolute Gasteiger partial charge is 0.201 e. The summed E-state index contributed by atoms with van der Waals surface area (Å²) in [7, 11) is 3.12. The molecule has 0 amide bonds. The zero-order chi connectivity index (χ0) is 17.5. The van der Waals surface area contributed by atoms with Crippen LogP contribution in [0.2, 0.25) is 0 Å². The molecule has 4 N–H and O–H groups in total. The lowest BCUT2D eigenvalue weighted by Gasteiger charge is -2.30. The minimum Gasteiger partial charge on any atom is -0.494 e. The van der Waals surface area contributed by atoms with E-state index in [0.29, 0.717) is 30.4 Å². The van der Waals surface area contributed by atoms with Gasteiger partial charge < -0.3 is 24.8 Å². The van der Waals surface area contributed by atoms with Crippen LogP contribution in [0.15, 0.2) is 17.2 Å². The fourth-order valence-electron chi connectivity index (χ4n) is 2.28. The molecule has 0 aromatic heterocycles. The fraction of sp³-hybridized carbons (Fsp3) is 0.400. The highest BCUT2D eigenvalue weighted by Gasteiger charge is 2.19. The predicted molar refractivity (Wildman–Crippen MR) is 91.2 cm³/mol. The van der Waals surface area contributed by atoms with E-state index in [1.54, 1.807) is 19.2 Å². The highest BCUT2D eigenvalue weighted by Crippen LogP contribution is 2.38. The number of methoxy groups -OCH3 is 2. The summed E-state index contributed by atoms with van der Waals surface area (Å²) in [5, 5.41) is 20.0. The van der Waals surface area contributed by atoms with E-state index in [-0.39, 0.29) is 5.71 Å². The van der Waals surface area contributed by atoms with Crippen molar-refractivity contribution in [1.82, 2.24) is 0 Å². The lowest BCUT2D eigenvalue weighted by Crippen LogP contribution is -2.36. The maximum atomic E-state index is 8.90. The van der Waals surface area contributed by atoms with Crippen LogP contribution in [0, 0.1) is 16.7 Å². The zero-order valence-electron chi connectivity index (χ0n) is 13.6. The largest absolute Gasteiger partial charge is 0.494 e. The Kier molecular flexibility index (Phi) is 5.81. The van der Waals surface area contributed by atoms with Crippen LogP contribution in [0.5, 0.6) is 11.5 Å². The van der Waals surface area contributed by atoms with Crippen LogP contribution in [0.25, 0.3) is 0 Å². The highest BCUT2D eigenvalue weighted by molar-refractivity contribution is 6.45. The Bertz CT molecular complexity index is 677. The summed E-state index contributed by atoms with van der Waals surface area (Å²) in [5.74, 6) is 0.750. The molecular formula is C15H20N6O3.